The highest BCUT2D eigenvalue weighted by Crippen LogP contribution is 2.28. The number of nitrogens with two attached hydrogens (primary N) is 1. The molecule has 1 saturated heterocycles. The van der Waals surface area contributed by atoms with Crippen molar-refractivity contribution in [2.45, 2.75) is 24.6 Å². The summed E-state index contributed by atoms with van der Waals surface area (Å²) in [5.41, 5.74) is -2.57. The van der Waals surface area contributed by atoms with Crippen LogP contribution >= 0.6 is 23.2 Å². The third-order valence-electron chi connectivity index (χ3n) is 4.06. The molecule has 0 spiro atoms. The maximum Gasteiger partial charge on any atom is 0.487 e. The molecule has 2 amide bonds. The molecule has 5 nitrogen and oxygen atoms in total. The summed E-state index contributed by atoms with van der Waals surface area (Å²) in [6.07, 6.45) is 0.0599. The molecule has 1 aliphatic heterocycles. The molecule has 0 aliphatic carbocycles. The zero-order valence-corrected chi connectivity index (χ0v) is 15.4. The number of hydrogen-bond donors (Lipinski definition) is 1. The Morgan fingerprint density at radius 1 is 1.11 bits per heavy atom. The summed E-state index contributed by atoms with van der Waals surface area (Å²) < 4.78 is 29.5. The number of benzene rings is 2. The molecule has 0 bridgehead atoms. The number of halogens is 4. The molecule has 0 aromatic heterocycles. The third kappa shape index (κ3) is 4.94. The first-order chi connectivity index (χ1) is 12.7. The first kappa shape index (κ1) is 19.5. The Kier molecular flexibility index (Phi) is 5.64. The zero-order chi connectivity index (χ0) is 19.6. The maximum absolute atomic E-state index is 12.6. The molecule has 1 heterocycles. The van der Waals surface area contributed by atoms with Gasteiger partial charge in [-0.25, -0.2) is 4.90 Å². The highest BCUT2D eigenvalue weighted by Gasteiger charge is 2.42. The first-order valence-corrected chi connectivity index (χ1v) is 8.79. The van der Waals surface area contributed by atoms with E-state index in [2.05, 4.69) is 4.74 Å². The Balaban J connectivity index is 1.66. The van der Waals surface area contributed by atoms with Crippen LogP contribution < -0.4 is 15.0 Å². The zero-order valence-electron chi connectivity index (χ0n) is 13.9. The first-order valence-electron chi connectivity index (χ1n) is 8.03. The van der Waals surface area contributed by atoms with Crippen molar-refractivity contribution in [3.63, 3.8) is 0 Å². The van der Waals surface area contributed by atoms with Crippen molar-refractivity contribution in [3.05, 3.63) is 59.1 Å². The predicted octanol–water partition coefficient (Wildman–Crippen LogP) is 2.90. The second kappa shape index (κ2) is 7.80. The number of nitrogens with zero attached hydrogens (tertiary/aromatic N) is 1. The van der Waals surface area contributed by atoms with E-state index in [0.29, 0.717) is 11.6 Å². The number of hydrogen-bond acceptors (Lipinski definition) is 3. The standard InChI is InChI=1S/C18H14Cl2F2N2O3/c19-12-3-1-11(2-4-12)10-23-15-9-16(25)24(17(15)26)13-5-7-14(8-6-13)27-18(20,21)22/h1-8,15,23H,9-10H2/p+1/t15-/m1/s1. The molecule has 3 rings (SSSR count). The smallest absolute Gasteiger partial charge is 0.420 e. The highest BCUT2D eigenvalue weighted by atomic mass is 35.5. The maximum atomic E-state index is 12.6. The van der Waals surface area contributed by atoms with Crippen LogP contribution in [0, 0.1) is 0 Å². The van der Waals surface area contributed by atoms with E-state index in [9.17, 15) is 18.4 Å². The topological polar surface area (TPSA) is 63.2 Å². The molecule has 0 saturated carbocycles. The van der Waals surface area contributed by atoms with Crippen molar-refractivity contribution in [1.29, 1.82) is 0 Å². The average Bonchev–Trinajstić information content (AvgIpc) is 2.88. The quantitative estimate of drug-likeness (QED) is 0.582. The number of alkyl halides is 3. The van der Waals surface area contributed by atoms with Gasteiger partial charge in [0.25, 0.3) is 5.91 Å². The molecule has 1 aliphatic rings. The van der Waals surface area contributed by atoms with Gasteiger partial charge in [0.2, 0.25) is 5.91 Å². The minimum Gasteiger partial charge on any atom is -0.420 e. The Hall–Kier alpha value is -2.22. The van der Waals surface area contributed by atoms with Gasteiger partial charge in [-0.05, 0) is 36.4 Å². The summed E-state index contributed by atoms with van der Waals surface area (Å²) in [7, 11) is 0. The van der Waals surface area contributed by atoms with E-state index >= 15 is 0 Å². The minimum atomic E-state index is -3.83. The summed E-state index contributed by atoms with van der Waals surface area (Å²) in [6, 6.07) is 11.8. The van der Waals surface area contributed by atoms with E-state index in [4.69, 9.17) is 23.2 Å². The van der Waals surface area contributed by atoms with Gasteiger partial charge in [-0.2, -0.15) is 0 Å². The van der Waals surface area contributed by atoms with E-state index in [-0.39, 0.29) is 29.7 Å². The van der Waals surface area contributed by atoms with Gasteiger partial charge >= 0.3 is 5.57 Å². The van der Waals surface area contributed by atoms with Gasteiger partial charge in [0.1, 0.15) is 12.3 Å². The summed E-state index contributed by atoms with van der Waals surface area (Å²) in [5, 5.41) is 2.41. The number of carbonyl (C=O) groups excluding carboxylic acids is 2. The van der Waals surface area contributed by atoms with Crippen LogP contribution in [-0.4, -0.2) is 23.4 Å². The second-order valence-corrected chi connectivity index (χ2v) is 6.86. The van der Waals surface area contributed by atoms with Crippen LogP contribution in [-0.2, 0) is 16.1 Å². The largest absolute Gasteiger partial charge is 0.487 e. The summed E-state index contributed by atoms with van der Waals surface area (Å²) in [6.45, 7) is 0.520. The Morgan fingerprint density at radius 2 is 1.74 bits per heavy atom. The van der Waals surface area contributed by atoms with Gasteiger partial charge in [-0.3, -0.25) is 9.59 Å². The number of ether oxygens (including phenoxy) is 1. The Morgan fingerprint density at radius 3 is 2.33 bits per heavy atom. The van der Waals surface area contributed by atoms with E-state index in [1.54, 1.807) is 17.4 Å². The highest BCUT2D eigenvalue weighted by molar-refractivity contribution is 6.30. The van der Waals surface area contributed by atoms with Gasteiger partial charge in [0.05, 0.1) is 12.1 Å². The van der Waals surface area contributed by atoms with Crippen LogP contribution in [0.4, 0.5) is 14.5 Å². The number of quaternary nitrogens is 1. The molecule has 2 aromatic carbocycles. The number of amides is 2. The van der Waals surface area contributed by atoms with Gasteiger partial charge in [0.15, 0.2) is 6.04 Å². The summed E-state index contributed by atoms with van der Waals surface area (Å²) in [5.74, 6) is -0.886. The van der Waals surface area contributed by atoms with E-state index in [0.717, 1.165) is 10.5 Å². The predicted molar refractivity (Wildman–Crippen MR) is 95.8 cm³/mol. The monoisotopic (exact) mass is 415 g/mol. The fourth-order valence-electron chi connectivity index (χ4n) is 2.81. The third-order valence-corrected chi connectivity index (χ3v) is 4.39. The van der Waals surface area contributed by atoms with Crippen LogP contribution in [0.1, 0.15) is 12.0 Å². The molecule has 27 heavy (non-hydrogen) atoms. The van der Waals surface area contributed by atoms with Crippen molar-refractivity contribution >= 4 is 40.7 Å². The fourth-order valence-corrected chi connectivity index (χ4v) is 3.02. The van der Waals surface area contributed by atoms with Crippen molar-refractivity contribution in [2.75, 3.05) is 4.90 Å². The molecule has 0 radical (unpaired) electrons. The molecule has 2 N–H and O–H groups in total. The van der Waals surface area contributed by atoms with Crippen molar-refractivity contribution < 1.29 is 28.4 Å². The summed E-state index contributed by atoms with van der Waals surface area (Å²) >= 11 is 10.5. The fraction of sp³-hybridized carbons (Fsp3) is 0.222. The number of carbonyl (C=O) groups is 2. The van der Waals surface area contributed by atoms with Gasteiger partial charge in [-0.1, -0.05) is 23.7 Å². The van der Waals surface area contributed by atoms with E-state index in [1.807, 2.05) is 12.1 Å². The lowest BCUT2D eigenvalue weighted by atomic mass is 10.2. The summed E-state index contributed by atoms with van der Waals surface area (Å²) in [4.78, 5) is 25.9. The van der Waals surface area contributed by atoms with Crippen LogP contribution in [0.3, 0.4) is 0 Å². The number of rotatable bonds is 6. The van der Waals surface area contributed by atoms with Gasteiger partial charge in [0, 0.05) is 22.2 Å². The molecule has 1 fully saturated rings. The lowest BCUT2D eigenvalue weighted by Gasteiger charge is -2.15. The molecule has 9 heteroatoms. The van der Waals surface area contributed by atoms with Crippen LogP contribution in [0.2, 0.25) is 5.02 Å². The molecule has 2 aromatic rings. The average molecular weight is 416 g/mol. The Bertz CT molecular complexity index is 839. The van der Waals surface area contributed by atoms with Gasteiger partial charge in [-0.15, -0.1) is 8.78 Å². The molecule has 0 unspecified atom stereocenters. The van der Waals surface area contributed by atoms with Gasteiger partial charge < -0.3 is 10.1 Å². The second-order valence-electron chi connectivity index (χ2n) is 5.99. The van der Waals surface area contributed by atoms with Crippen molar-refractivity contribution in [2.24, 2.45) is 0 Å². The van der Waals surface area contributed by atoms with Crippen molar-refractivity contribution in [3.8, 4) is 5.75 Å². The van der Waals surface area contributed by atoms with Crippen LogP contribution in [0.25, 0.3) is 0 Å². The SMILES string of the molecule is O=C1C[C@@H]([NH2+]Cc2ccc(Cl)cc2)C(=O)N1c1ccc(OC(F)(F)Cl)cc1. The number of anilines is 1. The lowest BCUT2D eigenvalue weighted by molar-refractivity contribution is -0.690. The Labute approximate surface area is 163 Å². The van der Waals surface area contributed by atoms with Crippen LogP contribution in [0.5, 0.6) is 5.75 Å². The van der Waals surface area contributed by atoms with Crippen LogP contribution in [0.15, 0.2) is 48.5 Å². The number of imide groups is 1. The molecule has 1 atom stereocenters. The molecular formula is C18H15Cl2F2N2O3+. The molecule has 142 valence electrons. The van der Waals surface area contributed by atoms with Crippen molar-refractivity contribution in [1.82, 2.24) is 0 Å². The minimum absolute atomic E-state index is 0.0599. The molecular weight excluding hydrogens is 401 g/mol. The lowest BCUT2D eigenvalue weighted by Crippen LogP contribution is -2.90. The van der Waals surface area contributed by atoms with E-state index < -0.39 is 11.6 Å². The van der Waals surface area contributed by atoms with E-state index in [1.165, 1.54) is 24.3 Å². The normalized spacial score (nSPS) is 17.5.